The highest BCUT2D eigenvalue weighted by molar-refractivity contribution is 7.13. The van der Waals surface area contributed by atoms with E-state index in [1.807, 2.05) is 13.1 Å². The number of H-pyrrole nitrogens is 1. The predicted octanol–water partition coefficient (Wildman–Crippen LogP) is 2.76. The molecule has 3 aliphatic rings. The maximum absolute atomic E-state index is 13.4. The Bertz CT molecular complexity index is 1500. The molecule has 3 aromatic rings. The molecule has 3 atom stereocenters. The number of hydrogen-bond donors (Lipinski definition) is 3. The number of rotatable bonds is 5. The lowest BCUT2D eigenvalue weighted by Crippen LogP contribution is -2.56. The van der Waals surface area contributed by atoms with Gasteiger partial charge in [-0.2, -0.15) is 0 Å². The van der Waals surface area contributed by atoms with E-state index in [4.69, 9.17) is 11.6 Å². The molecule has 6 rings (SSSR count). The van der Waals surface area contributed by atoms with E-state index in [9.17, 15) is 19.2 Å². The molecular formula is C28H31ClN6O4S. The van der Waals surface area contributed by atoms with Gasteiger partial charge in [-0.1, -0.05) is 11.6 Å². The molecule has 210 valence electrons. The first-order chi connectivity index (χ1) is 19.2. The van der Waals surface area contributed by atoms with E-state index in [0.717, 1.165) is 41.0 Å². The van der Waals surface area contributed by atoms with Crippen LogP contribution >= 0.6 is 22.9 Å². The molecule has 2 aromatic heterocycles. The van der Waals surface area contributed by atoms with Crippen molar-refractivity contribution in [3.63, 3.8) is 0 Å². The van der Waals surface area contributed by atoms with Gasteiger partial charge in [0.05, 0.1) is 18.3 Å². The van der Waals surface area contributed by atoms with Crippen LogP contribution in [-0.2, 0) is 22.6 Å². The number of ketones is 1. The number of aromatic amines is 1. The van der Waals surface area contributed by atoms with Crippen LogP contribution in [0.2, 0.25) is 5.02 Å². The minimum absolute atomic E-state index is 0.0601. The number of aromatic nitrogens is 2. The number of thiazole rings is 1. The van der Waals surface area contributed by atoms with Crippen molar-refractivity contribution in [1.82, 2.24) is 30.4 Å². The number of Topliss-reactive ketones (excluding diaryl/α,β-unsaturated/α-hetero) is 1. The molecule has 1 aliphatic carbocycles. The molecule has 2 fully saturated rings. The number of carbonyl (C=O) groups is 4. The summed E-state index contributed by atoms with van der Waals surface area (Å²) in [6, 6.07) is 6.27. The van der Waals surface area contributed by atoms with Gasteiger partial charge in [0.25, 0.3) is 11.8 Å². The fourth-order valence-corrected chi connectivity index (χ4v) is 7.20. The third-order valence-electron chi connectivity index (χ3n) is 8.12. The van der Waals surface area contributed by atoms with E-state index >= 15 is 0 Å². The molecule has 40 heavy (non-hydrogen) atoms. The number of likely N-dealkylation sites (tertiary alicyclic amines) is 1. The molecule has 0 spiro atoms. The van der Waals surface area contributed by atoms with Crippen LogP contribution < -0.4 is 10.6 Å². The smallest absolute Gasteiger partial charge is 0.280 e. The second-order valence-electron chi connectivity index (χ2n) is 11.0. The normalized spacial score (nSPS) is 23.3. The lowest BCUT2D eigenvalue weighted by atomic mass is 9.81. The first-order valence-corrected chi connectivity index (χ1v) is 14.8. The van der Waals surface area contributed by atoms with Gasteiger partial charge in [-0.15, -0.1) is 11.3 Å². The third kappa shape index (κ3) is 5.50. The number of likely N-dealkylation sites (N-methyl/N-ethyl adjacent to an activating group) is 1. The van der Waals surface area contributed by atoms with Crippen LogP contribution in [0, 0.1) is 5.92 Å². The fourth-order valence-electron chi connectivity index (χ4n) is 5.93. The number of carbonyl (C=O) groups excluding carboxylic acids is 4. The van der Waals surface area contributed by atoms with Gasteiger partial charge in [0.1, 0.15) is 5.69 Å². The SMILES string of the molecule is CN1CCc2nc(C(=O)N[C@@H]3CC(C(=O)N4CCC(=O)C4)CC[C@@H]3NC(=O)c3cc4cc(Cl)ccc4[nH]3)sc2C1. The van der Waals surface area contributed by atoms with E-state index in [1.165, 1.54) is 11.3 Å². The molecule has 12 heteroatoms. The van der Waals surface area contributed by atoms with Crippen molar-refractivity contribution in [2.24, 2.45) is 5.92 Å². The first-order valence-electron chi connectivity index (χ1n) is 13.6. The monoisotopic (exact) mass is 582 g/mol. The van der Waals surface area contributed by atoms with Gasteiger partial charge in [-0.3, -0.25) is 19.2 Å². The number of halogens is 1. The number of amides is 3. The van der Waals surface area contributed by atoms with Crippen molar-refractivity contribution in [3.05, 3.63) is 50.6 Å². The zero-order chi connectivity index (χ0) is 28.0. The Balaban J connectivity index is 1.20. The summed E-state index contributed by atoms with van der Waals surface area (Å²) in [5.74, 6) is -0.916. The summed E-state index contributed by atoms with van der Waals surface area (Å²) < 4.78 is 0. The lowest BCUT2D eigenvalue weighted by molar-refractivity contribution is -0.137. The summed E-state index contributed by atoms with van der Waals surface area (Å²) in [6.45, 7) is 2.26. The van der Waals surface area contributed by atoms with Gasteiger partial charge in [-0.05, 0) is 50.6 Å². The molecule has 10 nitrogen and oxygen atoms in total. The Morgan fingerprint density at radius 3 is 2.67 bits per heavy atom. The highest BCUT2D eigenvalue weighted by Gasteiger charge is 2.39. The second-order valence-corrected chi connectivity index (χ2v) is 12.5. The average molecular weight is 583 g/mol. The average Bonchev–Trinajstić information content (AvgIpc) is 3.66. The van der Waals surface area contributed by atoms with E-state index in [1.54, 1.807) is 23.1 Å². The Kier molecular flexibility index (Phi) is 7.37. The van der Waals surface area contributed by atoms with Gasteiger partial charge < -0.3 is 25.4 Å². The van der Waals surface area contributed by atoms with Gasteiger partial charge in [-0.25, -0.2) is 4.98 Å². The number of fused-ring (bicyclic) bond motifs is 2. The molecular weight excluding hydrogens is 552 g/mol. The van der Waals surface area contributed by atoms with E-state index < -0.39 is 6.04 Å². The summed E-state index contributed by atoms with van der Waals surface area (Å²) in [5.41, 5.74) is 2.16. The van der Waals surface area contributed by atoms with Crippen LogP contribution in [0.5, 0.6) is 0 Å². The molecule has 1 unspecified atom stereocenters. The number of benzene rings is 1. The van der Waals surface area contributed by atoms with Crippen molar-refractivity contribution in [3.8, 4) is 0 Å². The molecule has 2 aliphatic heterocycles. The minimum Gasteiger partial charge on any atom is -0.351 e. The van der Waals surface area contributed by atoms with E-state index in [2.05, 4.69) is 25.5 Å². The minimum atomic E-state index is -0.472. The highest BCUT2D eigenvalue weighted by Crippen LogP contribution is 2.30. The van der Waals surface area contributed by atoms with Crippen molar-refractivity contribution < 1.29 is 19.2 Å². The highest BCUT2D eigenvalue weighted by atomic mass is 35.5. The summed E-state index contributed by atoms with van der Waals surface area (Å²) >= 11 is 7.50. The van der Waals surface area contributed by atoms with Crippen LogP contribution in [0.25, 0.3) is 10.9 Å². The van der Waals surface area contributed by atoms with Gasteiger partial charge in [0.2, 0.25) is 5.91 Å². The Morgan fingerprint density at radius 2 is 1.88 bits per heavy atom. The van der Waals surface area contributed by atoms with E-state index in [0.29, 0.717) is 48.0 Å². The zero-order valence-corrected chi connectivity index (χ0v) is 23.7. The lowest BCUT2D eigenvalue weighted by Gasteiger charge is -2.37. The first kappa shape index (κ1) is 26.9. The van der Waals surface area contributed by atoms with Crippen molar-refractivity contribution in [2.45, 2.75) is 50.7 Å². The van der Waals surface area contributed by atoms with Crippen molar-refractivity contribution in [1.29, 1.82) is 0 Å². The summed E-state index contributed by atoms with van der Waals surface area (Å²) in [5, 5.41) is 8.00. The van der Waals surface area contributed by atoms with Crippen molar-refractivity contribution in [2.75, 3.05) is 26.7 Å². The second kappa shape index (κ2) is 10.9. The topological polar surface area (TPSA) is 128 Å². The molecule has 0 radical (unpaired) electrons. The number of nitrogens with zero attached hydrogens (tertiary/aromatic N) is 3. The van der Waals surface area contributed by atoms with Crippen LogP contribution in [0.1, 0.15) is 56.5 Å². The fraction of sp³-hybridized carbons (Fsp3) is 0.464. The maximum atomic E-state index is 13.4. The molecule has 4 heterocycles. The quantitative estimate of drug-likeness (QED) is 0.424. The van der Waals surface area contributed by atoms with Crippen LogP contribution in [0.3, 0.4) is 0 Å². The van der Waals surface area contributed by atoms with Crippen molar-refractivity contribution >= 4 is 57.3 Å². The third-order valence-corrected chi connectivity index (χ3v) is 9.43. The van der Waals surface area contributed by atoms with Crippen LogP contribution in [-0.4, -0.2) is 82.0 Å². The predicted molar refractivity (Wildman–Crippen MR) is 152 cm³/mol. The molecule has 1 aromatic carbocycles. The Hall–Kier alpha value is -3.28. The summed E-state index contributed by atoms with van der Waals surface area (Å²) in [6.07, 6.45) is 2.63. The van der Waals surface area contributed by atoms with E-state index in [-0.39, 0.29) is 42.0 Å². The Labute approximate surface area is 240 Å². The summed E-state index contributed by atoms with van der Waals surface area (Å²) in [4.78, 5) is 64.3. The molecule has 3 N–H and O–H groups in total. The van der Waals surface area contributed by atoms with Crippen LogP contribution in [0.15, 0.2) is 24.3 Å². The zero-order valence-electron chi connectivity index (χ0n) is 22.2. The maximum Gasteiger partial charge on any atom is 0.280 e. The summed E-state index contributed by atoms with van der Waals surface area (Å²) in [7, 11) is 2.05. The molecule has 1 saturated heterocycles. The number of hydrogen-bond acceptors (Lipinski definition) is 7. The largest absolute Gasteiger partial charge is 0.351 e. The van der Waals surface area contributed by atoms with Gasteiger partial charge >= 0.3 is 0 Å². The molecule has 1 saturated carbocycles. The Morgan fingerprint density at radius 1 is 1.05 bits per heavy atom. The molecule has 3 amide bonds. The van der Waals surface area contributed by atoms with Gasteiger partial charge in [0.15, 0.2) is 10.8 Å². The molecule has 0 bridgehead atoms. The standard InChI is InChI=1S/C28H31ClN6O4S/c1-34-8-7-21-24(14-34)40-27(33-21)26(38)32-22-11-15(28(39)35-9-6-18(36)13-35)2-4-20(22)31-25(37)23-12-16-10-17(29)3-5-19(16)30-23/h3,5,10,12,15,20,22,30H,2,4,6-9,11,13-14H2,1H3,(H,31,37)(H,32,38)/t15?,20-,22+/m0/s1. The van der Waals surface area contributed by atoms with Crippen LogP contribution in [0.4, 0.5) is 0 Å². The van der Waals surface area contributed by atoms with Gasteiger partial charge in [0, 0.05) is 65.2 Å². The number of nitrogens with one attached hydrogen (secondary N) is 3.